The van der Waals surface area contributed by atoms with Crippen molar-refractivity contribution in [2.75, 3.05) is 25.1 Å². The number of benzene rings is 1. The van der Waals surface area contributed by atoms with Crippen LogP contribution in [0, 0.1) is 6.92 Å². The van der Waals surface area contributed by atoms with Crippen molar-refractivity contribution in [3.63, 3.8) is 0 Å². The van der Waals surface area contributed by atoms with Crippen molar-refractivity contribution in [2.45, 2.75) is 33.1 Å². The highest BCUT2D eigenvalue weighted by Gasteiger charge is 1.95. The van der Waals surface area contributed by atoms with Gasteiger partial charge in [-0.05, 0) is 44.7 Å². The fraction of sp³-hybridized carbons (Fsp3) is 0.571. The van der Waals surface area contributed by atoms with Crippen molar-refractivity contribution in [1.29, 1.82) is 0 Å². The molecule has 0 aliphatic rings. The number of ether oxygens (including phenoxy) is 1. The summed E-state index contributed by atoms with van der Waals surface area (Å²) in [6, 6.07) is 8.42. The van der Waals surface area contributed by atoms with Crippen molar-refractivity contribution in [2.24, 2.45) is 0 Å². The van der Waals surface area contributed by atoms with Crippen LogP contribution in [-0.4, -0.2) is 19.8 Å². The van der Waals surface area contributed by atoms with E-state index in [0.717, 1.165) is 19.8 Å². The number of unbranched alkanes of at least 4 members (excludes halogenated alkanes) is 2. The zero-order chi connectivity index (χ0) is 23.6. The first-order valence-electron chi connectivity index (χ1n) is 7.07. The molecule has 0 atom stereocenters. The summed E-state index contributed by atoms with van der Waals surface area (Å²) in [6.07, 6.45) is 3.61. The van der Waals surface area contributed by atoms with Crippen LogP contribution in [0.15, 0.2) is 24.3 Å². The number of halogens is 12. The maximum atomic E-state index is 8.00. The molecule has 28 heavy (non-hydrogen) atoms. The molecule has 0 saturated heterocycles. The Morgan fingerprint density at radius 1 is 0.714 bits per heavy atom. The third kappa shape index (κ3) is 39.3. The van der Waals surface area contributed by atoms with Crippen molar-refractivity contribution in [3.8, 4) is 0 Å². The van der Waals surface area contributed by atoms with Crippen LogP contribution in [-0.2, 0) is 4.74 Å². The normalized spacial score (nSPS) is 7.21. The Labute approximate surface area is 154 Å². The Morgan fingerprint density at radius 2 is 1.18 bits per heavy atom. The van der Waals surface area contributed by atoms with Crippen LogP contribution >= 0.6 is 0 Å². The van der Waals surface area contributed by atoms with Crippen LogP contribution in [0.1, 0.15) is 31.7 Å². The van der Waals surface area contributed by atoms with Gasteiger partial charge >= 0.3 is 0 Å². The minimum Gasteiger partial charge on any atom is -0.385 e. The molecule has 0 aliphatic carbocycles. The largest absolute Gasteiger partial charge is 0.385 e. The van der Waals surface area contributed by atoms with Crippen LogP contribution in [0.2, 0.25) is 0 Å². The Hall–Kier alpha value is -1.86. The second-order valence-electron chi connectivity index (χ2n) is 4.00. The average molecular weight is 449 g/mol. The highest BCUT2D eigenvalue weighted by Crippen LogP contribution is 2.13. The minimum absolute atomic E-state index is 0.835. The number of hydrogen-bond acceptors (Lipinski definition) is 2. The maximum Gasteiger partial charge on any atom is 0.0465 e. The Morgan fingerprint density at radius 3 is 1.61 bits per heavy atom. The summed E-state index contributed by atoms with van der Waals surface area (Å²) in [5.74, 6) is 0. The summed E-state index contributed by atoms with van der Waals surface area (Å²) in [4.78, 5) is 0. The van der Waals surface area contributed by atoms with Crippen molar-refractivity contribution < 1.29 is 59.6 Å². The van der Waals surface area contributed by atoms with Crippen molar-refractivity contribution >= 4 is 5.69 Å². The van der Waals surface area contributed by atoms with Crippen LogP contribution < -0.4 is 5.32 Å². The molecule has 174 valence electrons. The van der Waals surface area contributed by atoms with E-state index < -0.39 is 0 Å². The van der Waals surface area contributed by atoms with E-state index in [-0.39, 0.29) is 0 Å². The van der Waals surface area contributed by atoms with Gasteiger partial charge in [-0.1, -0.05) is 18.2 Å². The fourth-order valence-corrected chi connectivity index (χ4v) is 1.64. The monoisotopic (exact) mass is 449 g/mol. The van der Waals surface area contributed by atoms with Gasteiger partial charge in [-0.25, -0.2) is 0 Å². The first-order valence-corrected chi connectivity index (χ1v) is 7.07. The van der Waals surface area contributed by atoms with E-state index in [1.165, 1.54) is 30.5 Å². The number of rotatable bonds is 8. The van der Waals surface area contributed by atoms with E-state index in [0.29, 0.717) is 0 Å². The predicted octanol–water partition coefficient (Wildman–Crippen LogP) is 8.66. The molecule has 1 aromatic rings. The lowest BCUT2D eigenvalue weighted by atomic mass is 10.2. The molecule has 0 amide bonds. The third-order valence-electron chi connectivity index (χ3n) is 2.63. The Kier molecular flexibility index (Phi) is 81.8. The first-order chi connectivity index (χ1) is 13.8. The van der Waals surface area contributed by atoms with Crippen molar-refractivity contribution in [3.05, 3.63) is 29.8 Å². The SMILES string of the molecule is CCOCCCCCNc1ccccc1C.FF.FF.FF.FF.FF.FF. The number of anilines is 1. The molecule has 0 unspecified atom stereocenters. The lowest BCUT2D eigenvalue weighted by molar-refractivity contribution is 0.108. The lowest BCUT2D eigenvalue weighted by Gasteiger charge is -2.08. The van der Waals surface area contributed by atoms with Crippen LogP contribution in [0.3, 0.4) is 0 Å². The second kappa shape index (κ2) is 56.2. The van der Waals surface area contributed by atoms with Gasteiger partial charge in [0.05, 0.1) is 0 Å². The van der Waals surface area contributed by atoms with Gasteiger partial charge in [0.1, 0.15) is 0 Å². The summed E-state index contributed by atoms with van der Waals surface area (Å²) in [5, 5.41) is 3.46. The Bertz CT molecular complexity index is 313. The topological polar surface area (TPSA) is 21.3 Å². The minimum atomic E-state index is 0.835. The number of nitrogens with one attached hydrogen (secondary N) is 1. The van der Waals surface area contributed by atoms with Gasteiger partial charge in [0, 0.05) is 80.3 Å². The van der Waals surface area contributed by atoms with E-state index in [1.54, 1.807) is 0 Å². The van der Waals surface area contributed by atoms with Gasteiger partial charge in [-0.2, -0.15) is 0 Å². The third-order valence-corrected chi connectivity index (χ3v) is 2.63. The van der Waals surface area contributed by atoms with E-state index in [2.05, 4.69) is 36.5 Å². The van der Waals surface area contributed by atoms with Crippen LogP contribution in [0.4, 0.5) is 60.6 Å². The van der Waals surface area contributed by atoms with Crippen LogP contribution in [0.25, 0.3) is 0 Å². The number of aryl methyl sites for hydroxylation is 1. The van der Waals surface area contributed by atoms with E-state index in [4.69, 9.17) is 59.6 Å². The molecule has 0 heterocycles. The zero-order valence-electron chi connectivity index (χ0n) is 15.0. The standard InChI is InChI=1S/C14H23NO.6F2/c1-3-16-12-8-4-7-11-15-14-10-6-5-9-13(14)2;6*1-2/h5-6,9-10,15H,3-4,7-8,11-12H2,1-2H3;;;;;;. The predicted molar refractivity (Wildman–Crippen MR) is 83.3 cm³/mol. The summed E-state index contributed by atoms with van der Waals surface area (Å²) in [6.45, 7) is 6.97. The van der Waals surface area contributed by atoms with E-state index >= 15 is 0 Å². The van der Waals surface area contributed by atoms with Crippen molar-refractivity contribution in [1.82, 2.24) is 0 Å². The molecule has 0 saturated carbocycles. The second-order valence-corrected chi connectivity index (χ2v) is 4.00. The highest BCUT2D eigenvalue weighted by atomic mass is 20.0. The van der Waals surface area contributed by atoms with Gasteiger partial charge < -0.3 is 10.1 Å². The molecule has 1 aromatic carbocycles. The number of hydrogen-bond donors (Lipinski definition) is 1. The molecule has 0 fully saturated rings. The van der Waals surface area contributed by atoms with Gasteiger partial charge in [-0.15, -0.1) is 0 Å². The lowest BCUT2D eigenvalue weighted by Crippen LogP contribution is -2.03. The quantitative estimate of drug-likeness (QED) is 0.317. The summed E-state index contributed by atoms with van der Waals surface area (Å²) in [5.41, 5.74) is 2.57. The number of para-hydroxylation sites is 1. The molecule has 1 rings (SSSR count). The molecule has 1 N–H and O–H groups in total. The van der Waals surface area contributed by atoms with Gasteiger partial charge in [0.2, 0.25) is 0 Å². The zero-order valence-corrected chi connectivity index (χ0v) is 15.0. The average Bonchev–Trinajstić information content (AvgIpc) is 2.82. The highest BCUT2D eigenvalue weighted by molar-refractivity contribution is 5.49. The molecular formula is C14H23F12NO. The van der Waals surface area contributed by atoms with Gasteiger partial charge in [0.15, 0.2) is 0 Å². The maximum absolute atomic E-state index is 8.00. The van der Waals surface area contributed by atoms with Gasteiger partial charge in [-0.3, -0.25) is 0 Å². The molecule has 0 radical (unpaired) electrons. The molecule has 0 bridgehead atoms. The smallest absolute Gasteiger partial charge is 0.0465 e. The van der Waals surface area contributed by atoms with E-state index in [1.807, 2.05) is 6.92 Å². The molecule has 14 heteroatoms. The van der Waals surface area contributed by atoms with E-state index in [9.17, 15) is 0 Å². The molecule has 0 aliphatic heterocycles. The summed E-state index contributed by atoms with van der Waals surface area (Å²) < 4.78 is 101. The molecule has 2 nitrogen and oxygen atoms in total. The molecule has 0 aromatic heterocycles. The summed E-state index contributed by atoms with van der Waals surface area (Å²) in [7, 11) is 0. The summed E-state index contributed by atoms with van der Waals surface area (Å²) >= 11 is 0. The molecular weight excluding hydrogens is 426 g/mol. The molecule has 0 spiro atoms. The van der Waals surface area contributed by atoms with Crippen LogP contribution in [0.5, 0.6) is 0 Å². The first kappa shape index (κ1) is 40.7. The fourth-order valence-electron chi connectivity index (χ4n) is 1.64. The van der Waals surface area contributed by atoms with Gasteiger partial charge in [0.25, 0.3) is 0 Å². The Balaban J connectivity index is -0.0000000860.